The molecule has 0 unspecified atom stereocenters. The van der Waals surface area contributed by atoms with Crippen molar-refractivity contribution in [1.29, 1.82) is 0 Å². The average molecular weight is 283 g/mol. The summed E-state index contributed by atoms with van der Waals surface area (Å²) in [5.74, 6) is -0.855. The molecule has 0 aliphatic carbocycles. The van der Waals surface area contributed by atoms with Gasteiger partial charge in [0.25, 0.3) is 5.91 Å². The molecule has 0 bridgehead atoms. The lowest BCUT2D eigenvalue weighted by atomic mass is 10.1. The molecule has 0 saturated heterocycles. The standard InChI is InChI=1S/C17H17NO3/c1-11-8-9-12(2)15(10-11)18-16(19)13-6-4-5-7-14(13)17(20)21-3/h4-10H,1-3H3,(H,18,19). The zero-order valence-electron chi connectivity index (χ0n) is 12.3. The van der Waals surface area contributed by atoms with E-state index < -0.39 is 5.97 Å². The molecule has 0 atom stereocenters. The lowest BCUT2D eigenvalue weighted by Crippen LogP contribution is -2.17. The van der Waals surface area contributed by atoms with Crippen molar-refractivity contribution in [3.63, 3.8) is 0 Å². The predicted molar refractivity (Wildman–Crippen MR) is 81.7 cm³/mol. The quantitative estimate of drug-likeness (QED) is 0.879. The molecule has 1 amide bonds. The molecule has 0 spiro atoms. The topological polar surface area (TPSA) is 55.4 Å². The van der Waals surface area contributed by atoms with Crippen molar-refractivity contribution in [2.75, 3.05) is 12.4 Å². The van der Waals surface area contributed by atoms with Crippen molar-refractivity contribution in [2.45, 2.75) is 13.8 Å². The highest BCUT2D eigenvalue weighted by atomic mass is 16.5. The minimum absolute atomic E-state index is 0.253. The number of esters is 1. The van der Waals surface area contributed by atoms with Crippen LogP contribution < -0.4 is 5.32 Å². The molecule has 0 heterocycles. The summed E-state index contributed by atoms with van der Waals surface area (Å²) in [6.07, 6.45) is 0. The highest BCUT2D eigenvalue weighted by Crippen LogP contribution is 2.19. The number of carbonyl (C=O) groups is 2. The Morgan fingerprint density at radius 3 is 2.33 bits per heavy atom. The third-order valence-corrected chi connectivity index (χ3v) is 3.22. The molecule has 0 fully saturated rings. The maximum atomic E-state index is 12.4. The van der Waals surface area contributed by atoms with Gasteiger partial charge in [-0.15, -0.1) is 0 Å². The number of aryl methyl sites for hydroxylation is 2. The number of ether oxygens (including phenoxy) is 1. The van der Waals surface area contributed by atoms with Gasteiger partial charge in [-0.3, -0.25) is 4.79 Å². The Morgan fingerprint density at radius 2 is 1.67 bits per heavy atom. The Morgan fingerprint density at radius 1 is 1.00 bits per heavy atom. The molecule has 0 saturated carbocycles. The van der Waals surface area contributed by atoms with Crippen molar-refractivity contribution < 1.29 is 14.3 Å². The molecule has 2 aromatic carbocycles. The first-order valence-corrected chi connectivity index (χ1v) is 6.59. The highest BCUT2D eigenvalue weighted by molar-refractivity contribution is 6.11. The van der Waals surface area contributed by atoms with Gasteiger partial charge in [-0.05, 0) is 43.2 Å². The van der Waals surface area contributed by atoms with Gasteiger partial charge >= 0.3 is 5.97 Å². The van der Waals surface area contributed by atoms with Crippen LogP contribution in [0.25, 0.3) is 0 Å². The monoisotopic (exact) mass is 283 g/mol. The van der Waals surface area contributed by atoms with Gasteiger partial charge < -0.3 is 10.1 Å². The molecule has 2 rings (SSSR count). The number of hydrogen-bond acceptors (Lipinski definition) is 3. The largest absolute Gasteiger partial charge is 0.465 e. The van der Waals surface area contributed by atoms with E-state index in [0.29, 0.717) is 5.56 Å². The maximum Gasteiger partial charge on any atom is 0.338 e. The van der Waals surface area contributed by atoms with Crippen LogP contribution in [-0.2, 0) is 4.74 Å². The summed E-state index contributed by atoms with van der Waals surface area (Å²) < 4.78 is 4.70. The van der Waals surface area contributed by atoms with E-state index in [2.05, 4.69) is 5.32 Å². The van der Waals surface area contributed by atoms with E-state index in [9.17, 15) is 9.59 Å². The van der Waals surface area contributed by atoms with Crippen molar-refractivity contribution in [1.82, 2.24) is 0 Å². The predicted octanol–water partition coefficient (Wildman–Crippen LogP) is 3.34. The van der Waals surface area contributed by atoms with Gasteiger partial charge in [0.2, 0.25) is 0 Å². The van der Waals surface area contributed by atoms with E-state index in [4.69, 9.17) is 4.74 Å². The number of carbonyl (C=O) groups excluding carboxylic acids is 2. The lowest BCUT2D eigenvalue weighted by molar-refractivity contribution is 0.0597. The summed E-state index contributed by atoms with van der Waals surface area (Å²) in [5.41, 5.74) is 3.30. The van der Waals surface area contributed by atoms with Crippen molar-refractivity contribution in [2.24, 2.45) is 0 Å². The molecule has 1 N–H and O–H groups in total. The van der Waals surface area contributed by atoms with Gasteiger partial charge in [0.15, 0.2) is 0 Å². The highest BCUT2D eigenvalue weighted by Gasteiger charge is 2.17. The number of benzene rings is 2. The first-order valence-electron chi connectivity index (χ1n) is 6.59. The van der Waals surface area contributed by atoms with Crippen LogP contribution in [0.3, 0.4) is 0 Å². The molecular weight excluding hydrogens is 266 g/mol. The Bertz CT molecular complexity index is 692. The summed E-state index contributed by atoms with van der Waals surface area (Å²) in [6, 6.07) is 12.4. The Hall–Kier alpha value is -2.62. The molecule has 4 nitrogen and oxygen atoms in total. The van der Waals surface area contributed by atoms with E-state index >= 15 is 0 Å². The summed E-state index contributed by atoms with van der Waals surface area (Å²) >= 11 is 0. The maximum absolute atomic E-state index is 12.4. The van der Waals surface area contributed by atoms with Gasteiger partial charge in [0.1, 0.15) is 0 Å². The molecular formula is C17H17NO3. The summed E-state index contributed by atoms with van der Waals surface area (Å²) in [7, 11) is 1.29. The zero-order valence-corrected chi connectivity index (χ0v) is 12.3. The second-order valence-corrected chi connectivity index (χ2v) is 4.81. The Balaban J connectivity index is 2.33. The van der Waals surface area contributed by atoms with Crippen LogP contribution in [0, 0.1) is 13.8 Å². The van der Waals surface area contributed by atoms with Crippen LogP contribution in [0.15, 0.2) is 42.5 Å². The number of hydrogen-bond donors (Lipinski definition) is 1. The molecule has 0 aliphatic rings. The van der Waals surface area contributed by atoms with Crippen LogP contribution in [0.4, 0.5) is 5.69 Å². The molecule has 108 valence electrons. The van der Waals surface area contributed by atoms with Crippen molar-refractivity contribution >= 4 is 17.6 Å². The second kappa shape index (κ2) is 6.22. The summed E-state index contributed by atoms with van der Waals surface area (Å²) in [5, 5.41) is 2.84. The fourth-order valence-corrected chi connectivity index (χ4v) is 2.03. The van der Waals surface area contributed by atoms with Crippen molar-refractivity contribution in [3.05, 3.63) is 64.7 Å². The Kier molecular flexibility index (Phi) is 4.38. The molecule has 2 aromatic rings. The van der Waals surface area contributed by atoms with Crippen molar-refractivity contribution in [3.8, 4) is 0 Å². The van der Waals surface area contributed by atoms with E-state index in [-0.39, 0.29) is 11.5 Å². The zero-order chi connectivity index (χ0) is 15.4. The normalized spacial score (nSPS) is 10.0. The minimum Gasteiger partial charge on any atom is -0.465 e. The summed E-state index contributed by atoms with van der Waals surface area (Å²) in [4.78, 5) is 24.1. The molecule has 0 aliphatic heterocycles. The lowest BCUT2D eigenvalue weighted by Gasteiger charge is -2.11. The Labute approximate surface area is 123 Å². The number of methoxy groups -OCH3 is 1. The first kappa shape index (κ1) is 14.8. The van der Waals surface area contributed by atoms with Gasteiger partial charge in [-0.2, -0.15) is 0 Å². The third kappa shape index (κ3) is 3.28. The van der Waals surface area contributed by atoms with E-state index in [0.717, 1.165) is 16.8 Å². The number of amides is 1. The fourth-order valence-electron chi connectivity index (χ4n) is 2.03. The van der Waals surface area contributed by atoms with Gasteiger partial charge in [0, 0.05) is 5.69 Å². The molecule has 21 heavy (non-hydrogen) atoms. The summed E-state index contributed by atoms with van der Waals surface area (Å²) in [6.45, 7) is 3.87. The average Bonchev–Trinajstić information content (AvgIpc) is 2.50. The van der Waals surface area contributed by atoms with Gasteiger partial charge in [-0.1, -0.05) is 24.3 Å². The number of rotatable bonds is 3. The fraction of sp³-hybridized carbons (Fsp3) is 0.176. The number of nitrogens with one attached hydrogen (secondary N) is 1. The third-order valence-electron chi connectivity index (χ3n) is 3.22. The van der Waals surface area contributed by atoms with Crippen LogP contribution in [0.5, 0.6) is 0 Å². The second-order valence-electron chi connectivity index (χ2n) is 4.81. The first-order chi connectivity index (χ1) is 10.0. The van der Waals surface area contributed by atoms with Gasteiger partial charge in [0.05, 0.1) is 18.2 Å². The van der Waals surface area contributed by atoms with Crippen LogP contribution in [0.1, 0.15) is 31.8 Å². The van der Waals surface area contributed by atoms with Gasteiger partial charge in [-0.25, -0.2) is 4.79 Å². The van der Waals surface area contributed by atoms with E-state index in [1.807, 2.05) is 32.0 Å². The van der Waals surface area contributed by atoms with E-state index in [1.165, 1.54) is 7.11 Å². The molecule has 4 heteroatoms. The minimum atomic E-state index is -0.526. The number of anilines is 1. The van der Waals surface area contributed by atoms with E-state index in [1.54, 1.807) is 24.3 Å². The SMILES string of the molecule is COC(=O)c1ccccc1C(=O)Nc1cc(C)ccc1C. The molecule has 0 radical (unpaired) electrons. The van der Waals surface area contributed by atoms with Crippen LogP contribution in [0.2, 0.25) is 0 Å². The molecule has 0 aromatic heterocycles. The smallest absolute Gasteiger partial charge is 0.338 e. The van der Waals surface area contributed by atoms with Crippen LogP contribution >= 0.6 is 0 Å². The van der Waals surface area contributed by atoms with Crippen LogP contribution in [-0.4, -0.2) is 19.0 Å².